The van der Waals surface area contributed by atoms with Crippen LogP contribution in [0.4, 0.5) is 13.2 Å². The van der Waals surface area contributed by atoms with Gasteiger partial charge in [-0.2, -0.15) is 13.2 Å². The van der Waals surface area contributed by atoms with E-state index in [-0.39, 0.29) is 16.7 Å². The summed E-state index contributed by atoms with van der Waals surface area (Å²) in [4.78, 5) is 19.0. The van der Waals surface area contributed by atoms with Crippen LogP contribution in [0.5, 0.6) is 0 Å². The monoisotopic (exact) mass is 284 g/mol. The van der Waals surface area contributed by atoms with E-state index in [0.717, 1.165) is 12.1 Å². The minimum Gasteiger partial charge on any atom is -0.481 e. The molecular formula is C13H11F3N2O2. The summed E-state index contributed by atoms with van der Waals surface area (Å²) in [6.07, 6.45) is -3.23. The van der Waals surface area contributed by atoms with Crippen molar-refractivity contribution in [2.75, 3.05) is 0 Å². The molecule has 0 aliphatic rings. The number of hydrogen-bond donors (Lipinski definition) is 1. The second-order valence-electron chi connectivity index (χ2n) is 4.90. The van der Waals surface area contributed by atoms with E-state index in [1.54, 1.807) is 0 Å². The fraction of sp³-hybridized carbons (Fsp3) is 0.308. The molecule has 0 fully saturated rings. The Morgan fingerprint density at radius 1 is 1.25 bits per heavy atom. The molecule has 2 rings (SSSR count). The first kappa shape index (κ1) is 14.2. The molecule has 20 heavy (non-hydrogen) atoms. The molecule has 0 radical (unpaired) electrons. The number of benzene rings is 1. The van der Waals surface area contributed by atoms with Crippen molar-refractivity contribution in [3.05, 3.63) is 35.8 Å². The smallest absolute Gasteiger partial charge is 0.416 e. The number of halogens is 3. The zero-order valence-electron chi connectivity index (χ0n) is 10.7. The first-order chi connectivity index (χ1) is 9.12. The predicted octanol–water partition coefficient (Wildman–Crippen LogP) is 3.01. The lowest BCUT2D eigenvalue weighted by Crippen LogP contribution is -2.30. The number of rotatable bonds is 2. The van der Waals surface area contributed by atoms with E-state index >= 15 is 0 Å². The normalized spacial score (nSPS) is 12.7. The molecule has 1 aromatic carbocycles. The molecule has 0 saturated carbocycles. The average molecular weight is 284 g/mol. The summed E-state index contributed by atoms with van der Waals surface area (Å²) in [5.74, 6) is -1.05. The summed E-state index contributed by atoms with van der Waals surface area (Å²) in [6, 6.07) is 3.06. The highest BCUT2D eigenvalue weighted by atomic mass is 19.4. The molecule has 7 heteroatoms. The van der Waals surface area contributed by atoms with Crippen LogP contribution in [0.2, 0.25) is 0 Å². The van der Waals surface area contributed by atoms with E-state index in [1.807, 2.05) is 0 Å². The van der Waals surface area contributed by atoms with E-state index in [1.165, 1.54) is 26.1 Å². The largest absolute Gasteiger partial charge is 0.481 e. The van der Waals surface area contributed by atoms with Gasteiger partial charge in [-0.3, -0.25) is 4.79 Å². The molecule has 0 saturated heterocycles. The van der Waals surface area contributed by atoms with Gasteiger partial charge in [-0.1, -0.05) is 0 Å². The van der Waals surface area contributed by atoms with Gasteiger partial charge in [-0.25, -0.2) is 9.97 Å². The highest BCUT2D eigenvalue weighted by Crippen LogP contribution is 2.31. The van der Waals surface area contributed by atoms with Crippen LogP contribution >= 0.6 is 0 Å². The summed E-state index contributed by atoms with van der Waals surface area (Å²) in [5.41, 5.74) is -1.83. The number of alkyl halides is 3. The summed E-state index contributed by atoms with van der Waals surface area (Å²) >= 11 is 0. The fourth-order valence-electron chi connectivity index (χ4n) is 1.61. The van der Waals surface area contributed by atoms with Crippen molar-refractivity contribution in [2.24, 2.45) is 0 Å². The summed E-state index contributed by atoms with van der Waals surface area (Å²) < 4.78 is 37.7. The molecule has 1 aromatic heterocycles. The standard InChI is InChI=1S/C13H11F3N2O2/c1-12(2,11(19)20)10-17-6-7-5-8(13(14,15)16)3-4-9(7)18-10/h3-6H,1-2H3,(H,19,20). The number of hydrogen-bond acceptors (Lipinski definition) is 3. The Bertz CT molecular complexity index is 681. The maximum atomic E-state index is 12.6. The highest BCUT2D eigenvalue weighted by molar-refractivity contribution is 5.82. The van der Waals surface area contributed by atoms with E-state index in [0.29, 0.717) is 0 Å². The van der Waals surface area contributed by atoms with E-state index in [4.69, 9.17) is 5.11 Å². The number of fused-ring (bicyclic) bond motifs is 1. The molecule has 4 nitrogen and oxygen atoms in total. The first-order valence-electron chi connectivity index (χ1n) is 5.70. The van der Waals surface area contributed by atoms with Gasteiger partial charge in [0.1, 0.15) is 11.2 Å². The third kappa shape index (κ3) is 2.43. The van der Waals surface area contributed by atoms with Gasteiger partial charge in [0.05, 0.1) is 11.1 Å². The Labute approximate surface area is 112 Å². The van der Waals surface area contributed by atoms with E-state index in [2.05, 4.69) is 9.97 Å². The molecule has 0 spiro atoms. The molecular weight excluding hydrogens is 273 g/mol. The third-order valence-corrected chi connectivity index (χ3v) is 3.00. The number of carboxylic acid groups (broad SMARTS) is 1. The Hall–Kier alpha value is -2.18. The molecule has 2 aromatic rings. The highest BCUT2D eigenvalue weighted by Gasteiger charge is 2.33. The molecule has 0 amide bonds. The predicted molar refractivity (Wildman–Crippen MR) is 65.2 cm³/mol. The van der Waals surface area contributed by atoms with Crippen molar-refractivity contribution in [2.45, 2.75) is 25.4 Å². The number of carboxylic acids is 1. The maximum Gasteiger partial charge on any atom is 0.416 e. The lowest BCUT2D eigenvalue weighted by molar-refractivity contribution is -0.142. The maximum absolute atomic E-state index is 12.6. The minimum absolute atomic E-state index is 0.0530. The van der Waals surface area contributed by atoms with Crippen LogP contribution in [-0.2, 0) is 16.4 Å². The zero-order valence-corrected chi connectivity index (χ0v) is 10.7. The van der Waals surface area contributed by atoms with Crippen molar-refractivity contribution < 1.29 is 23.1 Å². The first-order valence-corrected chi connectivity index (χ1v) is 5.70. The lowest BCUT2D eigenvalue weighted by Gasteiger charge is -2.17. The molecule has 0 aliphatic heterocycles. The van der Waals surface area contributed by atoms with Crippen molar-refractivity contribution in [3.8, 4) is 0 Å². The summed E-state index contributed by atoms with van der Waals surface area (Å²) in [5, 5.41) is 9.30. The Morgan fingerprint density at radius 3 is 2.45 bits per heavy atom. The Morgan fingerprint density at radius 2 is 1.90 bits per heavy atom. The van der Waals surface area contributed by atoms with Gasteiger partial charge in [-0.05, 0) is 32.0 Å². The average Bonchev–Trinajstić information content (AvgIpc) is 2.36. The van der Waals surface area contributed by atoms with Gasteiger partial charge in [0.15, 0.2) is 0 Å². The Kier molecular flexibility index (Phi) is 3.15. The minimum atomic E-state index is -4.44. The third-order valence-electron chi connectivity index (χ3n) is 3.00. The van der Waals surface area contributed by atoms with Crippen LogP contribution in [0.25, 0.3) is 10.9 Å². The van der Waals surface area contributed by atoms with Crippen molar-refractivity contribution in [1.82, 2.24) is 9.97 Å². The zero-order chi connectivity index (χ0) is 15.1. The van der Waals surface area contributed by atoms with Crippen molar-refractivity contribution in [3.63, 3.8) is 0 Å². The van der Waals surface area contributed by atoms with Crippen LogP contribution in [0, 0.1) is 0 Å². The molecule has 1 N–H and O–H groups in total. The van der Waals surface area contributed by atoms with Gasteiger partial charge in [-0.15, -0.1) is 0 Å². The number of aliphatic carboxylic acids is 1. The summed E-state index contributed by atoms with van der Waals surface area (Å²) in [7, 11) is 0. The second kappa shape index (κ2) is 4.43. The van der Waals surface area contributed by atoms with Gasteiger partial charge < -0.3 is 5.11 Å². The topological polar surface area (TPSA) is 63.1 Å². The van der Waals surface area contributed by atoms with Gasteiger partial charge in [0.2, 0.25) is 0 Å². The summed E-state index contributed by atoms with van der Waals surface area (Å²) in [6.45, 7) is 2.86. The van der Waals surface area contributed by atoms with Crippen LogP contribution in [0.1, 0.15) is 25.2 Å². The molecule has 0 aliphatic carbocycles. The van der Waals surface area contributed by atoms with Crippen molar-refractivity contribution in [1.29, 1.82) is 0 Å². The van der Waals surface area contributed by atoms with E-state index < -0.39 is 23.1 Å². The molecule has 0 unspecified atom stereocenters. The van der Waals surface area contributed by atoms with Crippen LogP contribution in [0.3, 0.4) is 0 Å². The van der Waals surface area contributed by atoms with Crippen LogP contribution in [-0.4, -0.2) is 21.0 Å². The molecule has 0 bridgehead atoms. The fourth-order valence-corrected chi connectivity index (χ4v) is 1.61. The molecule has 106 valence electrons. The second-order valence-corrected chi connectivity index (χ2v) is 4.90. The SMILES string of the molecule is CC(C)(C(=O)O)c1ncc2cc(C(F)(F)F)ccc2n1. The number of nitrogens with zero attached hydrogens (tertiary/aromatic N) is 2. The molecule has 0 atom stereocenters. The number of aromatic nitrogens is 2. The van der Waals surface area contributed by atoms with Crippen LogP contribution in [0.15, 0.2) is 24.4 Å². The number of carbonyl (C=O) groups is 1. The van der Waals surface area contributed by atoms with Gasteiger partial charge >= 0.3 is 12.1 Å². The van der Waals surface area contributed by atoms with E-state index in [9.17, 15) is 18.0 Å². The van der Waals surface area contributed by atoms with Gasteiger partial charge in [0, 0.05) is 11.6 Å². The quantitative estimate of drug-likeness (QED) is 0.920. The van der Waals surface area contributed by atoms with Crippen LogP contribution < -0.4 is 0 Å². The Balaban J connectivity index is 2.55. The van der Waals surface area contributed by atoms with Gasteiger partial charge in [0.25, 0.3) is 0 Å². The lowest BCUT2D eigenvalue weighted by atomic mass is 9.92. The van der Waals surface area contributed by atoms with Crippen molar-refractivity contribution >= 4 is 16.9 Å². The molecule has 1 heterocycles.